The van der Waals surface area contributed by atoms with Gasteiger partial charge in [-0.25, -0.2) is 0 Å². The first-order chi connectivity index (χ1) is 4.48. The fourth-order valence-corrected chi connectivity index (χ4v) is 1.02. The van der Waals surface area contributed by atoms with Gasteiger partial charge in [-0.2, -0.15) is 8.42 Å². The van der Waals surface area contributed by atoms with Crippen LogP contribution in [0.5, 0.6) is 0 Å². The van der Waals surface area contributed by atoms with Crippen LogP contribution >= 0.6 is 11.6 Å². The fourth-order valence-electron chi connectivity index (χ4n) is 0.401. The van der Waals surface area contributed by atoms with Gasteiger partial charge >= 0.3 is 29.6 Å². The summed E-state index contributed by atoms with van der Waals surface area (Å²) in [5.41, 5.74) is -1.69. The SMILES string of the molecule is O=S(=O)(O)C(O)CCCCl.[Na+]. The topological polar surface area (TPSA) is 74.6 Å². The van der Waals surface area contributed by atoms with Crippen LogP contribution < -0.4 is 29.6 Å². The van der Waals surface area contributed by atoms with Gasteiger partial charge in [0.25, 0.3) is 10.1 Å². The number of hydrogen-bond donors (Lipinski definition) is 2. The minimum atomic E-state index is -4.28. The molecule has 0 aliphatic rings. The Labute approximate surface area is 93.0 Å². The quantitative estimate of drug-likeness (QED) is 0.300. The molecule has 0 aliphatic carbocycles. The third-order valence-corrected chi connectivity index (χ3v) is 2.12. The number of aliphatic hydroxyl groups excluding tert-OH is 1. The van der Waals surface area contributed by atoms with E-state index in [1.54, 1.807) is 0 Å². The van der Waals surface area contributed by atoms with Crippen molar-refractivity contribution in [2.45, 2.75) is 18.3 Å². The van der Waals surface area contributed by atoms with Crippen molar-refractivity contribution < 1.29 is 47.6 Å². The second-order valence-electron chi connectivity index (χ2n) is 1.80. The molecule has 7 heteroatoms. The average Bonchev–Trinajstić information content (AvgIpc) is 1.80. The molecule has 1 unspecified atom stereocenters. The number of halogens is 1. The van der Waals surface area contributed by atoms with E-state index in [4.69, 9.17) is 21.3 Å². The summed E-state index contributed by atoms with van der Waals surface area (Å²) in [6, 6.07) is 0. The minimum Gasteiger partial charge on any atom is -0.375 e. The molecule has 0 amide bonds. The Morgan fingerprint density at radius 1 is 1.45 bits per heavy atom. The molecule has 11 heavy (non-hydrogen) atoms. The van der Waals surface area contributed by atoms with E-state index in [1.807, 2.05) is 0 Å². The van der Waals surface area contributed by atoms with Gasteiger partial charge in [-0.05, 0) is 12.8 Å². The summed E-state index contributed by atoms with van der Waals surface area (Å²) in [5.74, 6) is 0.270. The standard InChI is InChI=1S/C4H9ClO4S.Na/c5-3-1-2-4(6)10(7,8)9;/h4,6H,1-3H2,(H,7,8,9);/q;+1. The Kier molecular flexibility index (Phi) is 8.87. The van der Waals surface area contributed by atoms with Gasteiger partial charge in [-0.15, -0.1) is 11.6 Å². The zero-order chi connectivity index (χ0) is 8.20. The van der Waals surface area contributed by atoms with Gasteiger partial charge in [-0.1, -0.05) is 0 Å². The molecular formula is C4H9ClNaO4S+. The Hall–Kier alpha value is 1.16. The van der Waals surface area contributed by atoms with Crippen LogP contribution in [-0.4, -0.2) is 29.4 Å². The molecule has 0 bridgehead atoms. The van der Waals surface area contributed by atoms with E-state index in [-0.39, 0.29) is 41.9 Å². The van der Waals surface area contributed by atoms with Crippen LogP contribution in [0.4, 0.5) is 0 Å². The summed E-state index contributed by atoms with van der Waals surface area (Å²) in [6.45, 7) is 0. The van der Waals surface area contributed by atoms with E-state index < -0.39 is 15.6 Å². The van der Waals surface area contributed by atoms with E-state index in [0.29, 0.717) is 6.42 Å². The van der Waals surface area contributed by atoms with Crippen LogP contribution in [0.25, 0.3) is 0 Å². The smallest absolute Gasteiger partial charge is 0.375 e. The van der Waals surface area contributed by atoms with E-state index >= 15 is 0 Å². The predicted octanol–water partition coefficient (Wildman–Crippen LogP) is -2.78. The average molecular weight is 212 g/mol. The van der Waals surface area contributed by atoms with Crippen molar-refractivity contribution in [1.29, 1.82) is 0 Å². The van der Waals surface area contributed by atoms with E-state index in [2.05, 4.69) is 0 Å². The van der Waals surface area contributed by atoms with Gasteiger partial charge in [0.2, 0.25) is 0 Å². The summed E-state index contributed by atoms with van der Waals surface area (Å²) in [5, 5.41) is 8.62. The second kappa shape index (κ2) is 6.65. The molecule has 62 valence electrons. The van der Waals surface area contributed by atoms with Gasteiger partial charge in [0.05, 0.1) is 0 Å². The van der Waals surface area contributed by atoms with E-state index in [9.17, 15) is 8.42 Å². The Morgan fingerprint density at radius 3 is 2.18 bits per heavy atom. The first kappa shape index (κ1) is 14.7. The molecule has 0 aromatic rings. The Morgan fingerprint density at radius 2 is 1.91 bits per heavy atom. The molecule has 0 aromatic carbocycles. The maximum Gasteiger partial charge on any atom is 1.00 e. The van der Waals surface area contributed by atoms with Gasteiger partial charge in [0.1, 0.15) is 0 Å². The minimum absolute atomic E-state index is 0. The molecule has 0 rings (SSSR count). The molecule has 2 N–H and O–H groups in total. The predicted molar refractivity (Wildman–Crippen MR) is 37.5 cm³/mol. The number of alkyl halides is 1. The Balaban J connectivity index is 0. The molecule has 4 nitrogen and oxygen atoms in total. The number of aliphatic hydroxyl groups is 1. The summed E-state index contributed by atoms with van der Waals surface area (Å²) < 4.78 is 28.4. The van der Waals surface area contributed by atoms with Crippen LogP contribution in [0, 0.1) is 0 Å². The molecule has 0 aromatic heterocycles. The van der Waals surface area contributed by atoms with Crippen molar-refractivity contribution in [3.05, 3.63) is 0 Å². The molecular weight excluding hydrogens is 203 g/mol. The zero-order valence-electron chi connectivity index (χ0n) is 6.20. The summed E-state index contributed by atoms with van der Waals surface area (Å²) >= 11 is 5.21. The number of hydrogen-bond acceptors (Lipinski definition) is 3. The molecule has 0 heterocycles. The third kappa shape index (κ3) is 7.52. The van der Waals surface area contributed by atoms with Crippen LogP contribution in [0.15, 0.2) is 0 Å². The van der Waals surface area contributed by atoms with Crippen LogP contribution in [0.2, 0.25) is 0 Å². The molecule has 0 saturated carbocycles. The monoisotopic (exact) mass is 211 g/mol. The largest absolute Gasteiger partial charge is 1.00 e. The first-order valence-electron chi connectivity index (χ1n) is 2.69. The van der Waals surface area contributed by atoms with Crippen molar-refractivity contribution >= 4 is 21.7 Å². The summed E-state index contributed by atoms with van der Waals surface area (Å²) in [6.07, 6.45) is 0.338. The molecule has 0 saturated heterocycles. The van der Waals surface area contributed by atoms with Gasteiger partial charge in [0, 0.05) is 5.88 Å². The molecule has 0 aliphatic heterocycles. The molecule has 0 spiro atoms. The van der Waals surface area contributed by atoms with Gasteiger partial charge < -0.3 is 5.11 Å². The third-order valence-electron chi connectivity index (χ3n) is 0.929. The molecule has 0 fully saturated rings. The zero-order valence-corrected chi connectivity index (χ0v) is 9.77. The van der Waals surface area contributed by atoms with Crippen LogP contribution in [0.3, 0.4) is 0 Å². The Bertz CT molecular complexity index is 181. The van der Waals surface area contributed by atoms with E-state index in [0.717, 1.165) is 0 Å². The molecule has 1 atom stereocenters. The van der Waals surface area contributed by atoms with Crippen molar-refractivity contribution in [2.24, 2.45) is 0 Å². The van der Waals surface area contributed by atoms with Gasteiger partial charge in [-0.3, -0.25) is 4.55 Å². The maximum atomic E-state index is 10.1. The van der Waals surface area contributed by atoms with Gasteiger partial charge in [0.15, 0.2) is 5.44 Å². The fraction of sp³-hybridized carbons (Fsp3) is 1.00. The van der Waals surface area contributed by atoms with Crippen molar-refractivity contribution in [3.8, 4) is 0 Å². The number of rotatable bonds is 4. The summed E-state index contributed by atoms with van der Waals surface area (Å²) in [7, 11) is -4.28. The van der Waals surface area contributed by atoms with Crippen molar-refractivity contribution in [3.63, 3.8) is 0 Å². The normalized spacial score (nSPS) is 13.7. The van der Waals surface area contributed by atoms with Crippen molar-refractivity contribution in [2.75, 3.05) is 5.88 Å². The summed E-state index contributed by atoms with van der Waals surface area (Å²) in [4.78, 5) is 0. The van der Waals surface area contributed by atoms with E-state index in [1.165, 1.54) is 0 Å². The molecule has 0 radical (unpaired) electrons. The maximum absolute atomic E-state index is 10.1. The first-order valence-corrected chi connectivity index (χ1v) is 4.72. The van der Waals surface area contributed by atoms with Crippen LogP contribution in [0.1, 0.15) is 12.8 Å². The van der Waals surface area contributed by atoms with Crippen molar-refractivity contribution in [1.82, 2.24) is 0 Å². The van der Waals surface area contributed by atoms with Crippen LogP contribution in [-0.2, 0) is 10.1 Å². The second-order valence-corrected chi connectivity index (χ2v) is 3.75.